The molecule has 2 bridgehead atoms. The van der Waals surface area contributed by atoms with Gasteiger partial charge in [-0.15, -0.1) is 0 Å². The number of benzene rings is 2. The Kier molecular flexibility index (Phi) is 3.69. The van der Waals surface area contributed by atoms with Gasteiger partial charge in [0.15, 0.2) is 0 Å². The van der Waals surface area contributed by atoms with Crippen LogP contribution in [0.5, 0.6) is 0 Å². The smallest absolute Gasteiger partial charge is 0.0118 e. The van der Waals surface area contributed by atoms with E-state index in [0.29, 0.717) is 11.8 Å². The molecule has 0 aliphatic heterocycles. The normalized spacial score (nSPS) is 23.2. The van der Waals surface area contributed by atoms with Crippen LogP contribution in [0.3, 0.4) is 0 Å². The monoisotopic (exact) mass is 300 g/mol. The highest BCUT2D eigenvalue weighted by Gasteiger charge is 2.31. The number of hydrogen-bond donors (Lipinski definition) is 0. The summed E-state index contributed by atoms with van der Waals surface area (Å²) < 4.78 is 0. The van der Waals surface area contributed by atoms with Gasteiger partial charge in [-0.2, -0.15) is 0 Å². The molecule has 116 valence electrons. The lowest BCUT2D eigenvalue weighted by Gasteiger charge is -2.36. The molecule has 23 heavy (non-hydrogen) atoms. The van der Waals surface area contributed by atoms with Crippen molar-refractivity contribution in [1.29, 1.82) is 0 Å². The summed E-state index contributed by atoms with van der Waals surface area (Å²) in [4.78, 5) is 0. The molecule has 0 N–H and O–H groups in total. The van der Waals surface area contributed by atoms with Crippen LogP contribution in [0.4, 0.5) is 0 Å². The van der Waals surface area contributed by atoms with E-state index in [4.69, 9.17) is 0 Å². The van der Waals surface area contributed by atoms with Crippen molar-refractivity contribution in [3.05, 3.63) is 82.9 Å². The van der Waals surface area contributed by atoms with E-state index in [2.05, 4.69) is 74.5 Å². The molecule has 4 rings (SSSR count). The average Bonchev–Trinajstić information content (AvgIpc) is 2.57. The van der Waals surface area contributed by atoms with E-state index in [0.717, 1.165) is 0 Å². The van der Waals surface area contributed by atoms with Crippen molar-refractivity contribution < 1.29 is 0 Å². The predicted molar refractivity (Wildman–Crippen MR) is 99.1 cm³/mol. The molecule has 0 nitrogen and oxygen atoms in total. The molecule has 2 atom stereocenters. The number of rotatable bonds is 2. The topological polar surface area (TPSA) is 0 Å². The van der Waals surface area contributed by atoms with Crippen molar-refractivity contribution >= 4 is 11.1 Å². The maximum absolute atomic E-state index is 2.52. The number of aryl methyl sites for hydroxylation is 2. The summed E-state index contributed by atoms with van der Waals surface area (Å²) in [7, 11) is 0. The van der Waals surface area contributed by atoms with E-state index < -0.39 is 0 Å². The van der Waals surface area contributed by atoms with Gasteiger partial charge >= 0.3 is 0 Å². The first-order valence-corrected chi connectivity index (χ1v) is 8.76. The molecule has 0 fully saturated rings. The van der Waals surface area contributed by atoms with Gasteiger partial charge < -0.3 is 0 Å². The third kappa shape index (κ3) is 2.57. The van der Waals surface area contributed by atoms with Crippen molar-refractivity contribution in [1.82, 2.24) is 0 Å². The average molecular weight is 300 g/mol. The molecule has 0 amide bonds. The quantitative estimate of drug-likeness (QED) is 0.619. The van der Waals surface area contributed by atoms with Crippen LogP contribution < -0.4 is 0 Å². The van der Waals surface area contributed by atoms with E-state index in [1.807, 2.05) is 0 Å². The summed E-state index contributed by atoms with van der Waals surface area (Å²) in [5, 5.41) is 0. The van der Waals surface area contributed by atoms with Crippen molar-refractivity contribution in [2.45, 2.75) is 33.1 Å². The van der Waals surface area contributed by atoms with Gasteiger partial charge in [-0.05, 0) is 78.3 Å². The largest absolute Gasteiger partial charge is 0.0798 e. The summed E-state index contributed by atoms with van der Waals surface area (Å²) in [5.74, 6) is 1.39. The third-order valence-electron chi connectivity index (χ3n) is 5.61. The molecule has 2 aromatic carbocycles. The molecular weight excluding hydrogens is 276 g/mol. The van der Waals surface area contributed by atoms with Gasteiger partial charge in [-0.25, -0.2) is 0 Å². The lowest BCUT2D eigenvalue weighted by molar-refractivity contribution is 0.468. The zero-order chi connectivity index (χ0) is 15.8. The summed E-state index contributed by atoms with van der Waals surface area (Å²) in [5.41, 5.74) is 8.91. The highest BCUT2D eigenvalue weighted by atomic mass is 14.4. The van der Waals surface area contributed by atoms with Crippen molar-refractivity contribution in [2.75, 3.05) is 0 Å². The summed E-state index contributed by atoms with van der Waals surface area (Å²) in [6.45, 7) is 4.47. The van der Waals surface area contributed by atoms with Gasteiger partial charge in [0.2, 0.25) is 0 Å². The van der Waals surface area contributed by atoms with Crippen LogP contribution in [0, 0.1) is 25.7 Å². The minimum absolute atomic E-state index is 0.697. The Morgan fingerprint density at radius 3 is 1.52 bits per heavy atom. The summed E-state index contributed by atoms with van der Waals surface area (Å²) in [6, 6.07) is 17.7. The van der Waals surface area contributed by atoms with Gasteiger partial charge in [0.1, 0.15) is 0 Å². The Bertz CT molecular complexity index is 724. The third-order valence-corrected chi connectivity index (χ3v) is 5.61. The molecule has 0 heterocycles. The second-order valence-electron chi connectivity index (χ2n) is 7.05. The first-order chi connectivity index (χ1) is 11.2. The van der Waals surface area contributed by atoms with E-state index in [9.17, 15) is 0 Å². The molecule has 0 aromatic heterocycles. The zero-order valence-electron chi connectivity index (χ0n) is 14.0. The number of hydrogen-bond acceptors (Lipinski definition) is 0. The predicted octanol–water partition coefficient (Wildman–Crippen LogP) is 6.20. The van der Waals surface area contributed by atoms with E-state index in [-0.39, 0.29) is 0 Å². The maximum Gasteiger partial charge on any atom is -0.0118 e. The van der Waals surface area contributed by atoms with Crippen LogP contribution in [-0.2, 0) is 0 Å². The molecule has 0 heteroatoms. The zero-order valence-corrected chi connectivity index (χ0v) is 14.0. The highest BCUT2D eigenvalue weighted by molar-refractivity contribution is 5.77. The Labute approximate surface area is 139 Å². The van der Waals surface area contributed by atoms with Gasteiger partial charge in [0.25, 0.3) is 0 Å². The molecular formula is C23H24. The molecule has 0 spiro atoms. The minimum atomic E-state index is 0.697. The second-order valence-corrected chi connectivity index (χ2v) is 7.05. The number of allylic oxidation sites excluding steroid dienone is 4. The molecule has 0 saturated carbocycles. The fourth-order valence-corrected chi connectivity index (χ4v) is 4.37. The van der Waals surface area contributed by atoms with Gasteiger partial charge in [-0.1, -0.05) is 60.7 Å². The molecule has 2 aliphatic rings. The van der Waals surface area contributed by atoms with E-state index in [1.54, 1.807) is 11.1 Å². The Morgan fingerprint density at radius 1 is 0.652 bits per heavy atom. The fraction of sp³-hybridized carbons (Fsp3) is 0.304. The van der Waals surface area contributed by atoms with Crippen LogP contribution >= 0.6 is 0 Å². The van der Waals surface area contributed by atoms with Crippen LogP contribution in [0.25, 0.3) is 11.1 Å². The maximum atomic E-state index is 2.52. The standard InChI is InChI=1S/C23H24/c1-16-7-3-5-9-20(16)22-13-11-19-15-18(22)12-14-23(19)21-10-6-4-8-17(21)2/h3-10,13-14,18-19H,11-12,15H2,1-2H3. The van der Waals surface area contributed by atoms with Crippen LogP contribution in [0.2, 0.25) is 0 Å². The minimum Gasteiger partial charge on any atom is -0.0798 e. The van der Waals surface area contributed by atoms with Gasteiger partial charge in [0, 0.05) is 0 Å². The van der Waals surface area contributed by atoms with Crippen molar-refractivity contribution in [3.8, 4) is 0 Å². The Morgan fingerprint density at radius 2 is 1.09 bits per heavy atom. The SMILES string of the molecule is Cc1ccccc1C1=CCC2CC1CC=C2c1ccccc1C. The highest BCUT2D eigenvalue weighted by Crippen LogP contribution is 2.47. The van der Waals surface area contributed by atoms with Crippen LogP contribution in [-0.4, -0.2) is 0 Å². The first kappa shape index (κ1) is 14.5. The molecule has 2 aromatic rings. The second kappa shape index (κ2) is 5.85. The lowest BCUT2D eigenvalue weighted by Crippen LogP contribution is -2.21. The molecule has 0 saturated heterocycles. The fourth-order valence-electron chi connectivity index (χ4n) is 4.37. The van der Waals surface area contributed by atoms with E-state index in [1.165, 1.54) is 41.5 Å². The molecule has 0 radical (unpaired) electrons. The van der Waals surface area contributed by atoms with Crippen molar-refractivity contribution in [3.63, 3.8) is 0 Å². The van der Waals surface area contributed by atoms with Crippen molar-refractivity contribution in [2.24, 2.45) is 11.8 Å². The molecule has 2 aliphatic carbocycles. The summed E-state index contributed by atoms with van der Waals surface area (Å²) in [6.07, 6.45) is 8.71. The Balaban J connectivity index is 1.66. The number of fused-ring (bicyclic) bond motifs is 2. The molecule has 2 unspecified atom stereocenters. The lowest BCUT2D eigenvalue weighted by atomic mass is 9.68. The van der Waals surface area contributed by atoms with Crippen LogP contribution in [0.1, 0.15) is 41.5 Å². The Hall–Kier alpha value is -2.08. The van der Waals surface area contributed by atoms with E-state index >= 15 is 0 Å². The first-order valence-electron chi connectivity index (χ1n) is 8.76. The van der Waals surface area contributed by atoms with Gasteiger partial charge in [0.05, 0.1) is 0 Å². The summed E-state index contributed by atoms with van der Waals surface area (Å²) >= 11 is 0. The van der Waals surface area contributed by atoms with Crippen LogP contribution in [0.15, 0.2) is 60.7 Å². The van der Waals surface area contributed by atoms with Gasteiger partial charge in [-0.3, -0.25) is 0 Å².